The molecule has 1 aromatic carbocycles. The molecule has 0 fully saturated rings. The smallest absolute Gasteiger partial charge is 0.368 e. The molecule has 0 spiro atoms. The highest BCUT2D eigenvalue weighted by molar-refractivity contribution is 5.86. The summed E-state index contributed by atoms with van der Waals surface area (Å²) >= 11 is 0. The molecule has 3 rings (SSSR count). The fraction of sp³-hybridized carbons (Fsp3) is 0.0833. The van der Waals surface area contributed by atoms with E-state index in [4.69, 9.17) is 5.73 Å². The first-order valence-electron chi connectivity index (χ1n) is 5.60. The molecule has 0 saturated carbocycles. The van der Waals surface area contributed by atoms with Gasteiger partial charge in [-0.3, -0.25) is 0 Å². The van der Waals surface area contributed by atoms with Gasteiger partial charge < -0.3 is 5.73 Å². The number of nitrogens with two attached hydrogens (primary N) is 1. The van der Waals surface area contributed by atoms with Crippen molar-refractivity contribution in [1.29, 1.82) is 0 Å². The van der Waals surface area contributed by atoms with Crippen LogP contribution < -0.4 is 5.73 Å². The lowest BCUT2D eigenvalue weighted by molar-refractivity contribution is -0.141. The zero-order valence-electron chi connectivity index (χ0n) is 9.96. The fourth-order valence-corrected chi connectivity index (χ4v) is 1.85. The molecule has 0 amide bonds. The molecule has 0 atom stereocenters. The van der Waals surface area contributed by atoms with Gasteiger partial charge >= 0.3 is 6.18 Å². The number of rotatable bonds is 1. The standard InChI is InChI=1S/C12H8F3N5/c13-12(14,15)9-5-6-20(19-9)10-7-3-1-2-4-8(7)17-11(16)18-10/h1-6H,(H2,16,17,18). The molecular weight excluding hydrogens is 271 g/mol. The highest BCUT2D eigenvalue weighted by Crippen LogP contribution is 2.28. The van der Waals surface area contributed by atoms with E-state index in [0.29, 0.717) is 10.9 Å². The van der Waals surface area contributed by atoms with Gasteiger partial charge in [0, 0.05) is 11.6 Å². The average Bonchev–Trinajstić information content (AvgIpc) is 2.87. The van der Waals surface area contributed by atoms with Crippen LogP contribution in [0, 0.1) is 0 Å². The zero-order chi connectivity index (χ0) is 14.3. The van der Waals surface area contributed by atoms with Crippen molar-refractivity contribution in [2.75, 3.05) is 5.73 Å². The van der Waals surface area contributed by atoms with Crippen molar-refractivity contribution in [3.05, 3.63) is 42.2 Å². The number of anilines is 1. The molecule has 8 heteroatoms. The lowest BCUT2D eigenvalue weighted by Gasteiger charge is -2.06. The van der Waals surface area contributed by atoms with E-state index in [2.05, 4.69) is 15.1 Å². The maximum Gasteiger partial charge on any atom is 0.435 e. The van der Waals surface area contributed by atoms with Gasteiger partial charge in [-0.05, 0) is 18.2 Å². The molecule has 2 heterocycles. The molecule has 0 radical (unpaired) electrons. The van der Waals surface area contributed by atoms with Crippen LogP contribution in [0.4, 0.5) is 19.1 Å². The van der Waals surface area contributed by atoms with Crippen molar-refractivity contribution >= 4 is 16.9 Å². The maximum atomic E-state index is 12.6. The number of fused-ring (bicyclic) bond motifs is 1. The number of aromatic nitrogens is 4. The van der Waals surface area contributed by atoms with Crippen molar-refractivity contribution < 1.29 is 13.2 Å². The highest BCUT2D eigenvalue weighted by atomic mass is 19.4. The van der Waals surface area contributed by atoms with E-state index >= 15 is 0 Å². The zero-order valence-corrected chi connectivity index (χ0v) is 9.96. The van der Waals surface area contributed by atoms with E-state index in [1.165, 1.54) is 6.20 Å². The predicted octanol–water partition coefficient (Wildman–Crippen LogP) is 2.42. The second-order valence-corrected chi connectivity index (χ2v) is 4.07. The first-order valence-corrected chi connectivity index (χ1v) is 5.60. The summed E-state index contributed by atoms with van der Waals surface area (Å²) in [4.78, 5) is 7.99. The first-order chi connectivity index (χ1) is 9.45. The van der Waals surface area contributed by atoms with Crippen LogP contribution in [-0.4, -0.2) is 19.7 Å². The van der Waals surface area contributed by atoms with Crippen molar-refractivity contribution in [2.45, 2.75) is 6.18 Å². The third-order valence-electron chi connectivity index (χ3n) is 2.70. The Morgan fingerprint density at radius 3 is 2.50 bits per heavy atom. The van der Waals surface area contributed by atoms with Gasteiger partial charge in [-0.1, -0.05) is 12.1 Å². The van der Waals surface area contributed by atoms with Crippen molar-refractivity contribution in [3.8, 4) is 5.82 Å². The number of nitrogens with zero attached hydrogens (tertiary/aromatic N) is 4. The summed E-state index contributed by atoms with van der Waals surface area (Å²) in [5, 5.41) is 4.06. The Morgan fingerprint density at radius 1 is 1.05 bits per heavy atom. The minimum absolute atomic E-state index is 0.0252. The molecule has 2 aromatic heterocycles. The van der Waals surface area contributed by atoms with E-state index < -0.39 is 11.9 Å². The molecule has 5 nitrogen and oxygen atoms in total. The van der Waals surface area contributed by atoms with Crippen molar-refractivity contribution in [1.82, 2.24) is 19.7 Å². The van der Waals surface area contributed by atoms with Crippen LogP contribution in [0.5, 0.6) is 0 Å². The fourth-order valence-electron chi connectivity index (χ4n) is 1.85. The van der Waals surface area contributed by atoms with Crippen molar-refractivity contribution in [2.24, 2.45) is 0 Å². The largest absolute Gasteiger partial charge is 0.435 e. The Kier molecular flexibility index (Phi) is 2.60. The third kappa shape index (κ3) is 2.04. The molecule has 0 saturated heterocycles. The molecule has 0 aliphatic carbocycles. The van der Waals surface area contributed by atoms with Crippen LogP contribution >= 0.6 is 0 Å². The Bertz CT molecular complexity index is 778. The molecule has 2 N–H and O–H groups in total. The summed E-state index contributed by atoms with van der Waals surface area (Å²) in [6.07, 6.45) is -3.31. The van der Waals surface area contributed by atoms with Gasteiger partial charge in [-0.15, -0.1) is 0 Å². The summed E-state index contributed by atoms with van der Waals surface area (Å²) in [5.74, 6) is 0.186. The van der Waals surface area contributed by atoms with Gasteiger partial charge in [-0.25, -0.2) is 9.67 Å². The topological polar surface area (TPSA) is 69.6 Å². The summed E-state index contributed by atoms with van der Waals surface area (Å²) in [5.41, 5.74) is 5.12. The SMILES string of the molecule is Nc1nc(-n2ccc(C(F)(F)F)n2)c2ccccc2n1. The normalized spacial score (nSPS) is 11.9. The summed E-state index contributed by atoms with van der Waals surface area (Å²) in [7, 11) is 0. The highest BCUT2D eigenvalue weighted by Gasteiger charge is 2.33. The van der Waals surface area contributed by atoms with Gasteiger partial charge in [0.25, 0.3) is 0 Å². The number of hydrogen-bond donors (Lipinski definition) is 1. The van der Waals surface area contributed by atoms with Crippen LogP contribution in [-0.2, 0) is 6.18 Å². The van der Waals surface area contributed by atoms with Crippen molar-refractivity contribution in [3.63, 3.8) is 0 Å². The maximum absolute atomic E-state index is 12.6. The summed E-state index contributed by atoms with van der Waals surface area (Å²) in [6, 6.07) is 7.76. The third-order valence-corrected chi connectivity index (χ3v) is 2.70. The lowest BCUT2D eigenvalue weighted by Crippen LogP contribution is -2.09. The van der Waals surface area contributed by atoms with Gasteiger partial charge in [0.2, 0.25) is 5.95 Å². The monoisotopic (exact) mass is 279 g/mol. The van der Waals surface area contributed by atoms with Crippen LogP contribution in [0.2, 0.25) is 0 Å². The number of hydrogen-bond acceptors (Lipinski definition) is 4. The Balaban J connectivity index is 2.21. The average molecular weight is 279 g/mol. The Morgan fingerprint density at radius 2 is 1.80 bits per heavy atom. The van der Waals surface area contributed by atoms with E-state index in [1.807, 2.05) is 0 Å². The minimum Gasteiger partial charge on any atom is -0.368 e. The molecule has 0 unspecified atom stereocenters. The number of nitrogen functional groups attached to an aromatic ring is 1. The summed E-state index contributed by atoms with van der Waals surface area (Å²) < 4.78 is 38.8. The van der Waals surface area contributed by atoms with E-state index in [1.54, 1.807) is 24.3 Å². The van der Waals surface area contributed by atoms with Gasteiger partial charge in [0.15, 0.2) is 11.5 Å². The molecule has 20 heavy (non-hydrogen) atoms. The summed E-state index contributed by atoms with van der Waals surface area (Å²) in [6.45, 7) is 0. The molecule has 102 valence electrons. The second kappa shape index (κ2) is 4.19. The number of halogens is 3. The molecule has 0 bridgehead atoms. The van der Waals surface area contributed by atoms with E-state index in [9.17, 15) is 13.2 Å². The number of benzene rings is 1. The van der Waals surface area contributed by atoms with E-state index in [0.717, 1.165) is 10.7 Å². The van der Waals surface area contributed by atoms with Gasteiger partial charge in [0.1, 0.15) is 0 Å². The van der Waals surface area contributed by atoms with Crippen LogP contribution in [0.15, 0.2) is 36.5 Å². The van der Waals surface area contributed by atoms with Crippen LogP contribution in [0.1, 0.15) is 5.69 Å². The number of para-hydroxylation sites is 1. The molecule has 3 aromatic rings. The number of alkyl halides is 3. The van der Waals surface area contributed by atoms with E-state index in [-0.39, 0.29) is 11.8 Å². The molecule has 0 aliphatic rings. The second-order valence-electron chi connectivity index (χ2n) is 4.07. The van der Waals surface area contributed by atoms with Gasteiger partial charge in [0.05, 0.1) is 5.52 Å². The predicted molar refractivity (Wildman–Crippen MR) is 66.1 cm³/mol. The lowest BCUT2D eigenvalue weighted by atomic mass is 10.2. The Hall–Kier alpha value is -2.64. The minimum atomic E-state index is -4.50. The molecular formula is C12H8F3N5. The first kappa shape index (κ1) is 12.4. The Labute approximate surface area is 110 Å². The molecule has 0 aliphatic heterocycles. The quantitative estimate of drug-likeness (QED) is 0.742. The van der Waals surface area contributed by atoms with Crippen LogP contribution in [0.3, 0.4) is 0 Å². The van der Waals surface area contributed by atoms with Gasteiger partial charge in [-0.2, -0.15) is 23.3 Å². The van der Waals surface area contributed by atoms with Crippen LogP contribution in [0.25, 0.3) is 16.7 Å².